The number of furan rings is 1. The van der Waals surface area contributed by atoms with Gasteiger partial charge < -0.3 is 14.1 Å². The predicted octanol–water partition coefficient (Wildman–Crippen LogP) is 4.11. The third-order valence-corrected chi connectivity index (χ3v) is 5.02. The number of amides is 2. The Morgan fingerprint density at radius 1 is 1.31 bits per heavy atom. The minimum Gasteiger partial charge on any atom is -0.493 e. The maximum absolute atomic E-state index is 12.4. The fourth-order valence-electron chi connectivity index (χ4n) is 2.48. The van der Waals surface area contributed by atoms with E-state index < -0.39 is 0 Å². The highest BCUT2D eigenvalue weighted by Crippen LogP contribution is 2.18. The normalized spacial score (nSPS) is 10.6. The highest BCUT2D eigenvalue weighted by molar-refractivity contribution is 7.14. The summed E-state index contributed by atoms with van der Waals surface area (Å²) < 4.78 is 10.7. The molecule has 152 valence electrons. The number of thiazole rings is 1. The molecule has 0 aliphatic heterocycles. The van der Waals surface area contributed by atoms with Gasteiger partial charge in [-0.05, 0) is 36.8 Å². The van der Waals surface area contributed by atoms with Crippen molar-refractivity contribution in [1.82, 2.24) is 9.88 Å². The molecule has 1 N–H and O–H groups in total. The lowest BCUT2D eigenvalue weighted by molar-refractivity contribution is -0.129. The first kappa shape index (κ1) is 20.9. The van der Waals surface area contributed by atoms with Crippen LogP contribution < -0.4 is 10.1 Å². The summed E-state index contributed by atoms with van der Waals surface area (Å²) in [4.78, 5) is 30.2. The van der Waals surface area contributed by atoms with E-state index in [-0.39, 0.29) is 24.0 Å². The molecular weight excluding hydrogens is 414 g/mol. The lowest BCUT2D eigenvalue weighted by Crippen LogP contribution is -2.30. The van der Waals surface area contributed by atoms with Crippen LogP contribution >= 0.6 is 22.9 Å². The van der Waals surface area contributed by atoms with Crippen LogP contribution in [0.3, 0.4) is 0 Å². The number of benzene rings is 1. The van der Waals surface area contributed by atoms with E-state index in [1.807, 2.05) is 12.1 Å². The smallest absolute Gasteiger partial charge is 0.293 e. The molecule has 0 bridgehead atoms. The van der Waals surface area contributed by atoms with Gasteiger partial charge in [-0.1, -0.05) is 17.7 Å². The molecule has 29 heavy (non-hydrogen) atoms. The number of nitrogens with zero attached hydrogens (tertiary/aromatic N) is 2. The molecule has 0 fully saturated rings. The monoisotopic (exact) mass is 433 g/mol. The summed E-state index contributed by atoms with van der Waals surface area (Å²) in [6.07, 6.45) is 2.28. The lowest BCUT2D eigenvalue weighted by atomic mass is 10.3. The van der Waals surface area contributed by atoms with Crippen LogP contribution in [0.25, 0.3) is 0 Å². The molecule has 2 aromatic heterocycles. The van der Waals surface area contributed by atoms with Gasteiger partial charge in [0.1, 0.15) is 5.75 Å². The van der Waals surface area contributed by atoms with Crippen molar-refractivity contribution >= 4 is 39.9 Å². The van der Waals surface area contributed by atoms with Gasteiger partial charge >= 0.3 is 0 Å². The zero-order chi connectivity index (χ0) is 20.6. The van der Waals surface area contributed by atoms with E-state index in [1.165, 1.54) is 17.6 Å². The number of hydrogen-bond donors (Lipinski definition) is 1. The van der Waals surface area contributed by atoms with Crippen LogP contribution in [0.5, 0.6) is 5.75 Å². The van der Waals surface area contributed by atoms with E-state index in [0.29, 0.717) is 41.2 Å². The molecule has 9 heteroatoms. The number of likely N-dealkylation sites (N-methyl/N-ethyl adjacent to an activating group) is 1. The molecule has 0 unspecified atom stereocenters. The van der Waals surface area contributed by atoms with Crippen molar-refractivity contribution < 1.29 is 18.7 Å². The molecule has 0 saturated heterocycles. The van der Waals surface area contributed by atoms with Crippen LogP contribution in [0.1, 0.15) is 22.7 Å². The van der Waals surface area contributed by atoms with Crippen LogP contribution in [-0.2, 0) is 11.2 Å². The maximum Gasteiger partial charge on any atom is 0.293 e. The number of ether oxygens (including phenoxy) is 1. The Kier molecular flexibility index (Phi) is 7.26. The van der Waals surface area contributed by atoms with Gasteiger partial charge in [0.15, 0.2) is 10.9 Å². The van der Waals surface area contributed by atoms with E-state index in [0.717, 1.165) is 0 Å². The van der Waals surface area contributed by atoms with E-state index in [4.69, 9.17) is 20.8 Å². The molecule has 0 radical (unpaired) electrons. The standard InChI is InChI=1S/C20H20ClN3O4S/c1-24(8-4-10-27-16-6-2-5-14(21)11-16)18(25)12-15-13-29-20(22-15)23-19(26)17-7-3-9-28-17/h2-3,5-7,9,11,13H,4,8,10,12H2,1H3,(H,22,23,26). The SMILES string of the molecule is CN(CCCOc1cccc(Cl)c1)C(=O)Cc1csc(NC(=O)c2ccco2)n1. The molecule has 0 saturated carbocycles. The zero-order valence-electron chi connectivity index (χ0n) is 15.8. The fourth-order valence-corrected chi connectivity index (χ4v) is 3.36. The van der Waals surface area contributed by atoms with Crippen molar-refractivity contribution in [2.45, 2.75) is 12.8 Å². The van der Waals surface area contributed by atoms with Crippen molar-refractivity contribution in [3.05, 3.63) is 64.5 Å². The maximum atomic E-state index is 12.4. The van der Waals surface area contributed by atoms with Crippen LogP contribution in [0.15, 0.2) is 52.5 Å². The zero-order valence-corrected chi connectivity index (χ0v) is 17.3. The number of hydrogen-bond acceptors (Lipinski definition) is 6. The summed E-state index contributed by atoms with van der Waals surface area (Å²) in [7, 11) is 1.74. The Morgan fingerprint density at radius 3 is 2.93 bits per heavy atom. The Bertz CT molecular complexity index is 958. The second kappa shape index (κ2) is 10.1. The molecule has 7 nitrogen and oxygen atoms in total. The largest absolute Gasteiger partial charge is 0.493 e. The summed E-state index contributed by atoms with van der Waals surface area (Å²) in [5.74, 6) is 0.483. The van der Waals surface area contributed by atoms with E-state index >= 15 is 0 Å². The number of carbonyl (C=O) groups is 2. The van der Waals surface area contributed by atoms with Crippen LogP contribution in [0.2, 0.25) is 5.02 Å². The minimum absolute atomic E-state index is 0.0537. The van der Waals surface area contributed by atoms with Crippen molar-refractivity contribution in [3.8, 4) is 5.75 Å². The van der Waals surface area contributed by atoms with Crippen molar-refractivity contribution in [3.63, 3.8) is 0 Å². The Hall–Kier alpha value is -2.84. The Balaban J connectivity index is 1.40. The fraction of sp³-hybridized carbons (Fsp3) is 0.250. The number of anilines is 1. The van der Waals surface area contributed by atoms with Crippen LogP contribution in [0, 0.1) is 0 Å². The van der Waals surface area contributed by atoms with Gasteiger partial charge in [-0.25, -0.2) is 4.98 Å². The van der Waals surface area contributed by atoms with Gasteiger partial charge in [0.05, 0.1) is 25.0 Å². The first-order valence-corrected chi connectivity index (χ1v) is 10.2. The number of rotatable bonds is 9. The molecule has 0 spiro atoms. The third kappa shape index (κ3) is 6.33. The predicted molar refractivity (Wildman–Crippen MR) is 112 cm³/mol. The second-order valence-electron chi connectivity index (χ2n) is 6.23. The summed E-state index contributed by atoms with van der Waals surface area (Å²) in [5.41, 5.74) is 0.608. The van der Waals surface area contributed by atoms with Gasteiger partial charge in [0.25, 0.3) is 5.91 Å². The Morgan fingerprint density at radius 2 is 2.17 bits per heavy atom. The van der Waals surface area contributed by atoms with E-state index in [2.05, 4.69) is 10.3 Å². The number of halogens is 1. The van der Waals surface area contributed by atoms with Gasteiger partial charge in [-0.3, -0.25) is 14.9 Å². The summed E-state index contributed by atoms with van der Waals surface area (Å²) >= 11 is 7.18. The number of carbonyl (C=O) groups excluding carboxylic acids is 2. The molecule has 3 aromatic rings. The van der Waals surface area contributed by atoms with Crippen molar-refractivity contribution in [1.29, 1.82) is 0 Å². The molecule has 2 amide bonds. The summed E-state index contributed by atoms with van der Waals surface area (Å²) in [6, 6.07) is 10.4. The van der Waals surface area contributed by atoms with E-state index in [9.17, 15) is 9.59 Å². The molecule has 3 rings (SSSR count). The topological polar surface area (TPSA) is 84.7 Å². The van der Waals surface area contributed by atoms with Crippen molar-refractivity contribution in [2.75, 3.05) is 25.5 Å². The molecule has 0 aliphatic carbocycles. The van der Waals surface area contributed by atoms with Gasteiger partial charge in [0.2, 0.25) is 5.91 Å². The number of aromatic nitrogens is 1. The summed E-state index contributed by atoms with van der Waals surface area (Å²) in [6.45, 7) is 1.04. The highest BCUT2D eigenvalue weighted by atomic mass is 35.5. The quantitative estimate of drug-likeness (QED) is 0.513. The molecule has 2 heterocycles. The van der Waals surface area contributed by atoms with Gasteiger partial charge in [-0.2, -0.15) is 0 Å². The lowest BCUT2D eigenvalue weighted by Gasteiger charge is -2.16. The second-order valence-corrected chi connectivity index (χ2v) is 7.52. The van der Waals surface area contributed by atoms with E-state index in [1.54, 1.807) is 41.6 Å². The van der Waals surface area contributed by atoms with Crippen LogP contribution in [-0.4, -0.2) is 41.9 Å². The highest BCUT2D eigenvalue weighted by Gasteiger charge is 2.14. The number of nitrogens with one attached hydrogen (secondary N) is 1. The van der Waals surface area contributed by atoms with Crippen molar-refractivity contribution in [2.24, 2.45) is 0 Å². The van der Waals surface area contributed by atoms with Crippen LogP contribution in [0.4, 0.5) is 5.13 Å². The minimum atomic E-state index is -0.376. The first-order chi connectivity index (χ1) is 14.0. The molecular formula is C20H20ClN3O4S. The average Bonchev–Trinajstić information content (AvgIpc) is 3.37. The molecule has 0 aliphatic rings. The third-order valence-electron chi connectivity index (χ3n) is 3.98. The molecule has 0 atom stereocenters. The first-order valence-electron chi connectivity index (χ1n) is 8.93. The van der Waals surface area contributed by atoms with Gasteiger partial charge in [0, 0.05) is 24.0 Å². The average molecular weight is 434 g/mol. The van der Waals surface area contributed by atoms with Gasteiger partial charge in [-0.15, -0.1) is 11.3 Å². The molecule has 1 aromatic carbocycles. The summed E-state index contributed by atoms with van der Waals surface area (Å²) in [5, 5.41) is 5.45. The Labute approximate surface area is 177 Å².